The number of quaternary nitrogens is 1. The van der Waals surface area contributed by atoms with E-state index in [4.69, 9.17) is 0 Å². The zero-order valence-corrected chi connectivity index (χ0v) is 13.7. The van der Waals surface area contributed by atoms with E-state index in [0.29, 0.717) is 13.1 Å². The molecule has 0 radical (unpaired) electrons. The van der Waals surface area contributed by atoms with Crippen LogP contribution in [0.1, 0.15) is 65.7 Å². The minimum atomic E-state index is -0.867. The molecule has 0 bridgehead atoms. The Balaban J connectivity index is 2.60. The molecule has 0 aromatic rings. The van der Waals surface area contributed by atoms with Crippen molar-refractivity contribution in [2.24, 2.45) is 4.99 Å². The van der Waals surface area contributed by atoms with Gasteiger partial charge in [0.15, 0.2) is 12.3 Å². The number of unbranched alkanes of at least 4 members (excludes halogenated alkanes) is 5. The third-order valence-electron chi connectivity index (χ3n) is 4.71. The monoisotopic (exact) mass is 299 g/mol. The molecule has 0 amide bonds. The van der Waals surface area contributed by atoms with Crippen LogP contribution in [0.5, 0.6) is 0 Å². The van der Waals surface area contributed by atoms with E-state index in [1.807, 2.05) is 0 Å². The van der Waals surface area contributed by atoms with Crippen molar-refractivity contribution in [3.63, 3.8) is 0 Å². The van der Waals surface area contributed by atoms with Gasteiger partial charge in [0.2, 0.25) is 5.84 Å². The fourth-order valence-electron chi connectivity index (χ4n) is 3.30. The van der Waals surface area contributed by atoms with E-state index in [-0.39, 0.29) is 4.48 Å². The topological polar surface area (TPSA) is 69.9 Å². The number of rotatable bonds is 10. The largest absolute Gasteiger partial charge is 0.477 e. The maximum atomic E-state index is 11.4. The number of nitrogens with zero attached hydrogens (tertiary/aromatic N) is 2. The van der Waals surface area contributed by atoms with Crippen molar-refractivity contribution in [1.82, 2.24) is 0 Å². The average molecular weight is 299 g/mol. The van der Waals surface area contributed by atoms with Crippen molar-refractivity contribution in [1.29, 1.82) is 0 Å². The van der Waals surface area contributed by atoms with Gasteiger partial charge in [-0.3, -0.25) is 0 Å². The van der Waals surface area contributed by atoms with Crippen molar-refractivity contribution >= 4 is 11.8 Å². The second-order valence-electron chi connectivity index (χ2n) is 6.12. The molecule has 3 atom stereocenters. The van der Waals surface area contributed by atoms with Gasteiger partial charge in [0.05, 0.1) is 6.54 Å². The highest BCUT2D eigenvalue weighted by Crippen LogP contribution is 2.27. The molecule has 1 rings (SSSR count). The van der Waals surface area contributed by atoms with Gasteiger partial charge in [-0.2, -0.15) is 0 Å². The summed E-state index contributed by atoms with van der Waals surface area (Å²) in [4.78, 5) is 15.9. The van der Waals surface area contributed by atoms with E-state index in [9.17, 15) is 15.0 Å². The number of hydrogen-bond donors (Lipinski definition) is 2. The highest BCUT2D eigenvalue weighted by molar-refractivity contribution is 5.81. The van der Waals surface area contributed by atoms with Crippen LogP contribution < -0.4 is 0 Å². The Morgan fingerprint density at radius 1 is 1.24 bits per heavy atom. The number of hydrogen-bond acceptors (Lipinski definition) is 3. The third-order valence-corrected chi connectivity index (χ3v) is 4.71. The molecule has 2 N–H and O–H groups in total. The van der Waals surface area contributed by atoms with Crippen molar-refractivity contribution in [2.45, 2.75) is 78.0 Å². The highest BCUT2D eigenvalue weighted by atomic mass is 16.4. The second kappa shape index (κ2) is 8.49. The van der Waals surface area contributed by atoms with Crippen LogP contribution in [-0.2, 0) is 4.79 Å². The summed E-state index contributed by atoms with van der Waals surface area (Å²) < 4.78 is 0.115. The lowest BCUT2D eigenvalue weighted by Gasteiger charge is -2.40. The quantitative estimate of drug-likeness (QED) is 0.481. The molecule has 3 unspecified atom stereocenters. The SMILES string of the molecule is CCCCCCCCC1=NCC[N+]1(C(C)O)C(C)C(=O)O. The summed E-state index contributed by atoms with van der Waals surface area (Å²) >= 11 is 0. The summed E-state index contributed by atoms with van der Waals surface area (Å²) in [6, 6.07) is -0.647. The molecule has 1 aliphatic heterocycles. The molecule has 0 aromatic heterocycles. The zero-order valence-electron chi connectivity index (χ0n) is 13.7. The fraction of sp³-hybridized carbons (Fsp3) is 0.875. The van der Waals surface area contributed by atoms with Crippen LogP contribution >= 0.6 is 0 Å². The molecule has 1 aliphatic rings. The normalized spacial score (nSPS) is 24.7. The van der Waals surface area contributed by atoms with Gasteiger partial charge in [0, 0.05) is 13.3 Å². The number of amidine groups is 1. The number of aliphatic carboxylic acids is 1. The summed E-state index contributed by atoms with van der Waals surface area (Å²) in [6.45, 7) is 6.78. The molecule has 5 heteroatoms. The van der Waals surface area contributed by atoms with Gasteiger partial charge >= 0.3 is 5.97 Å². The van der Waals surface area contributed by atoms with Crippen LogP contribution in [0.2, 0.25) is 0 Å². The molecule has 0 aromatic carbocycles. The maximum absolute atomic E-state index is 11.4. The predicted octanol–water partition coefficient (Wildman–Crippen LogP) is 2.78. The van der Waals surface area contributed by atoms with Crippen molar-refractivity contribution in [3.8, 4) is 0 Å². The smallest absolute Gasteiger partial charge is 0.362 e. The molecule has 1 heterocycles. The number of carboxylic acids is 1. The van der Waals surface area contributed by atoms with Crippen LogP contribution in [0.25, 0.3) is 0 Å². The van der Waals surface area contributed by atoms with Gasteiger partial charge in [0.25, 0.3) is 0 Å². The fourth-order valence-corrected chi connectivity index (χ4v) is 3.30. The predicted molar refractivity (Wildman–Crippen MR) is 84.2 cm³/mol. The molecular weight excluding hydrogens is 268 g/mol. The lowest BCUT2D eigenvalue weighted by Crippen LogP contribution is -2.64. The molecule has 0 saturated heterocycles. The lowest BCUT2D eigenvalue weighted by atomic mass is 10.1. The molecule has 0 fully saturated rings. The Kier molecular flexibility index (Phi) is 7.32. The zero-order chi connectivity index (χ0) is 15.9. The number of aliphatic hydroxyl groups excluding tert-OH is 1. The summed E-state index contributed by atoms with van der Waals surface area (Å²) in [5.74, 6) is 0.00355. The van der Waals surface area contributed by atoms with E-state index < -0.39 is 18.2 Å². The average Bonchev–Trinajstić information content (AvgIpc) is 2.86. The number of aliphatic imine (C=N–C) groups is 1. The number of carbonyl (C=O) groups is 1. The summed E-state index contributed by atoms with van der Waals surface area (Å²) in [5, 5.41) is 19.6. The number of carboxylic acid groups (broad SMARTS) is 1. The van der Waals surface area contributed by atoms with E-state index >= 15 is 0 Å². The molecule has 0 saturated carbocycles. The minimum Gasteiger partial charge on any atom is -0.477 e. The Bertz CT molecular complexity index is 369. The molecule has 5 nitrogen and oxygen atoms in total. The number of aliphatic hydroxyl groups is 1. The first kappa shape index (κ1) is 18.1. The van der Waals surface area contributed by atoms with E-state index in [1.165, 1.54) is 25.7 Å². The van der Waals surface area contributed by atoms with Crippen molar-refractivity contribution in [2.75, 3.05) is 13.1 Å². The Labute approximate surface area is 128 Å². The Hall–Kier alpha value is -0.940. The first-order valence-corrected chi connectivity index (χ1v) is 8.29. The van der Waals surface area contributed by atoms with Gasteiger partial charge in [-0.25, -0.2) is 14.3 Å². The van der Waals surface area contributed by atoms with Gasteiger partial charge in [-0.15, -0.1) is 0 Å². The van der Waals surface area contributed by atoms with Crippen molar-refractivity contribution in [3.05, 3.63) is 0 Å². The standard InChI is InChI=1S/C16H30N2O3/c1-4-5-6-7-8-9-10-15-17-11-12-18(15,14(3)19)13(2)16(20)21/h13-14,19H,4-12H2,1-3H3/p+1. The molecule has 0 aliphatic carbocycles. The van der Waals surface area contributed by atoms with E-state index in [2.05, 4.69) is 11.9 Å². The van der Waals surface area contributed by atoms with Gasteiger partial charge in [-0.1, -0.05) is 39.0 Å². The first-order chi connectivity index (χ1) is 9.96. The van der Waals surface area contributed by atoms with E-state index in [1.54, 1.807) is 13.8 Å². The first-order valence-electron chi connectivity index (χ1n) is 8.29. The highest BCUT2D eigenvalue weighted by Gasteiger charge is 2.49. The van der Waals surface area contributed by atoms with Gasteiger partial charge in [-0.05, 0) is 13.3 Å². The van der Waals surface area contributed by atoms with Crippen LogP contribution in [0.3, 0.4) is 0 Å². The summed E-state index contributed by atoms with van der Waals surface area (Å²) in [7, 11) is 0. The summed E-state index contributed by atoms with van der Waals surface area (Å²) in [5.41, 5.74) is 0. The molecule has 21 heavy (non-hydrogen) atoms. The third kappa shape index (κ3) is 4.27. The second-order valence-corrected chi connectivity index (χ2v) is 6.12. The lowest BCUT2D eigenvalue weighted by molar-refractivity contribution is -0.897. The van der Waals surface area contributed by atoms with Crippen molar-refractivity contribution < 1.29 is 19.5 Å². The maximum Gasteiger partial charge on any atom is 0.362 e. The minimum absolute atomic E-state index is 0.115. The van der Waals surface area contributed by atoms with E-state index in [0.717, 1.165) is 25.1 Å². The summed E-state index contributed by atoms with van der Waals surface area (Å²) in [6.07, 6.45) is 7.28. The van der Waals surface area contributed by atoms with Crippen LogP contribution in [0, 0.1) is 0 Å². The Morgan fingerprint density at radius 3 is 2.43 bits per heavy atom. The molecule has 122 valence electrons. The van der Waals surface area contributed by atoms with Gasteiger partial charge in [0.1, 0.15) is 6.54 Å². The van der Waals surface area contributed by atoms with Crippen LogP contribution in [0.15, 0.2) is 4.99 Å². The Morgan fingerprint density at radius 2 is 1.86 bits per heavy atom. The molecule has 0 spiro atoms. The van der Waals surface area contributed by atoms with Gasteiger partial charge < -0.3 is 10.2 Å². The van der Waals surface area contributed by atoms with Crippen LogP contribution in [0.4, 0.5) is 0 Å². The molecular formula is C16H31N2O3+. The van der Waals surface area contributed by atoms with Crippen LogP contribution in [-0.4, -0.2) is 51.9 Å².